The molecule has 0 radical (unpaired) electrons. The maximum atomic E-state index is 12.2. The molecule has 0 aliphatic rings. The number of hydrogen-bond donors (Lipinski definition) is 12. The number of aromatic hydroxyl groups is 6. The van der Waals surface area contributed by atoms with Crippen molar-refractivity contribution in [3.8, 4) is 46.8 Å². The molecular formula is C100H112ClN7O14S2. The lowest BCUT2D eigenvalue weighted by Gasteiger charge is -2.20. The summed E-state index contributed by atoms with van der Waals surface area (Å²) in [7, 11) is -2.65. The van der Waals surface area contributed by atoms with Gasteiger partial charge in [-0.05, 0) is 168 Å². The number of phenolic OH excluding ortho intramolecular Hbond substituents is 6. The molecule has 650 valence electrons. The zero-order valence-electron chi connectivity index (χ0n) is 72.3. The molecule has 0 aliphatic heterocycles. The molecule has 0 atom stereocenters. The van der Waals surface area contributed by atoms with Crippen LogP contribution in [0, 0.1) is 53.9 Å². The van der Waals surface area contributed by atoms with Crippen LogP contribution in [0.5, 0.6) is 34.5 Å². The number of halogens is 1. The molecule has 124 heavy (non-hydrogen) atoms. The number of terminal acetylenes is 1. The fourth-order valence-corrected chi connectivity index (χ4v) is 13.7. The number of para-hydroxylation sites is 1. The number of carbonyl (C=O) groups is 3. The van der Waals surface area contributed by atoms with E-state index in [4.69, 9.17) is 22.8 Å². The number of sulfone groups is 1. The summed E-state index contributed by atoms with van der Waals surface area (Å²) in [5.74, 6) is 2.18. The summed E-state index contributed by atoms with van der Waals surface area (Å²) in [6.45, 7) is 21.6. The van der Waals surface area contributed by atoms with Crippen LogP contribution in [-0.2, 0) is 69.3 Å². The number of hydrogen-bond acceptors (Lipinski definition) is 20. The summed E-state index contributed by atoms with van der Waals surface area (Å²) in [4.78, 5) is 35.9. The Morgan fingerprint density at radius 3 is 1.00 bits per heavy atom. The predicted molar refractivity (Wildman–Crippen MR) is 503 cm³/mol. The van der Waals surface area contributed by atoms with E-state index in [0.717, 1.165) is 106 Å². The van der Waals surface area contributed by atoms with Gasteiger partial charge < -0.3 is 67.3 Å². The Bertz CT molecular complexity index is 5910. The van der Waals surface area contributed by atoms with Crippen LogP contribution >= 0.6 is 11.6 Å². The van der Waals surface area contributed by atoms with Crippen molar-refractivity contribution in [1.82, 2.24) is 4.31 Å². The fourth-order valence-electron chi connectivity index (χ4n) is 12.1. The van der Waals surface area contributed by atoms with Gasteiger partial charge >= 0.3 is 0 Å². The molecule has 0 aliphatic carbocycles. The number of Topliss-reactive ketones (excluding diaryl/α,β-unsaturated/α-hetero) is 3. The SMILES string of the molecule is C#Cc1cccc(NCc2cc(C)ccc2O)c1.COCC(=O)c1cccc(NCc2cc(C)ccc2O)c1.Cc1ccc(O)c(CNc2cccc(C(=O)CS(=O)(=O)N(C)C)c2)c1.Cc1ccc(O)c(CNc2cccc(C(=O)CS(C)(=O)=O)c2)c1.Cc1ccc(O)c(CNc2cccc(C(C)(C)C)c2)c1.Cc1ccc(O)c(CNc2ccccc2Cl)c1. The summed E-state index contributed by atoms with van der Waals surface area (Å²) in [6.07, 6.45) is 6.39. The minimum Gasteiger partial charge on any atom is -0.508 e. The number of rotatable bonds is 28. The Kier molecular flexibility index (Phi) is 37.5. The van der Waals surface area contributed by atoms with Gasteiger partial charge in [0.05, 0.1) is 10.7 Å². The predicted octanol–water partition coefficient (Wildman–Crippen LogP) is 19.9. The van der Waals surface area contributed by atoms with Crippen molar-refractivity contribution < 1.29 is 66.6 Å². The van der Waals surface area contributed by atoms with E-state index in [1.165, 1.54) is 26.8 Å². The first-order valence-electron chi connectivity index (χ1n) is 39.8. The maximum absolute atomic E-state index is 12.2. The lowest BCUT2D eigenvalue weighted by molar-refractivity contribution is 0.0847. The Balaban J connectivity index is 0.000000205. The largest absolute Gasteiger partial charge is 0.508 e. The normalized spacial score (nSPS) is 10.8. The van der Waals surface area contributed by atoms with Crippen molar-refractivity contribution in [3.05, 3.63) is 354 Å². The highest BCUT2D eigenvalue weighted by atomic mass is 35.5. The Morgan fingerprint density at radius 2 is 0.685 bits per heavy atom. The quantitative estimate of drug-likeness (QED) is 0.0160. The van der Waals surface area contributed by atoms with E-state index < -0.39 is 42.9 Å². The van der Waals surface area contributed by atoms with Gasteiger partial charge in [0.15, 0.2) is 27.2 Å². The van der Waals surface area contributed by atoms with Gasteiger partial charge in [0.25, 0.3) is 0 Å². The van der Waals surface area contributed by atoms with E-state index in [1.807, 2.05) is 175 Å². The average Bonchev–Trinajstić information content (AvgIpc) is 0.891. The third kappa shape index (κ3) is 33.4. The summed E-state index contributed by atoms with van der Waals surface area (Å²) in [5.41, 5.74) is 20.2. The molecule has 0 amide bonds. The molecule has 12 aromatic carbocycles. The van der Waals surface area contributed by atoms with Gasteiger partial charge in [0.1, 0.15) is 52.6 Å². The molecule has 12 N–H and O–H groups in total. The smallest absolute Gasteiger partial charge is 0.221 e. The van der Waals surface area contributed by atoms with Gasteiger partial charge in [0.2, 0.25) is 10.0 Å². The van der Waals surface area contributed by atoms with Crippen molar-refractivity contribution in [2.45, 2.75) is 107 Å². The average molecular weight is 1740 g/mol. The van der Waals surface area contributed by atoms with Crippen LogP contribution in [0.3, 0.4) is 0 Å². The lowest BCUT2D eigenvalue weighted by atomic mass is 9.87. The van der Waals surface area contributed by atoms with Crippen molar-refractivity contribution in [2.75, 3.05) is 77.5 Å². The van der Waals surface area contributed by atoms with E-state index in [2.05, 4.69) is 82.9 Å². The maximum Gasteiger partial charge on any atom is 0.221 e. The molecule has 0 unspecified atom stereocenters. The second-order valence-corrected chi connectivity index (χ2v) is 35.7. The first-order chi connectivity index (χ1) is 58.7. The van der Waals surface area contributed by atoms with Crippen molar-refractivity contribution in [3.63, 3.8) is 0 Å². The topological polar surface area (TPSA) is 326 Å². The summed E-state index contributed by atoms with van der Waals surface area (Å²) in [5, 5.41) is 78.8. The van der Waals surface area contributed by atoms with Gasteiger partial charge in [-0.3, -0.25) is 14.4 Å². The number of ether oxygens (including phenoxy) is 1. The second kappa shape index (κ2) is 47.4. The summed E-state index contributed by atoms with van der Waals surface area (Å²) < 4.78 is 52.0. The molecule has 0 fully saturated rings. The van der Waals surface area contributed by atoms with Crippen LogP contribution in [0.4, 0.5) is 34.1 Å². The molecule has 0 bridgehead atoms. The van der Waals surface area contributed by atoms with Gasteiger partial charge in [-0.2, -0.15) is 0 Å². The zero-order valence-corrected chi connectivity index (χ0v) is 74.7. The fraction of sp³-hybridized carbons (Fsp3) is 0.230. The minimum absolute atomic E-state index is 0.0560. The number of phenols is 6. The first kappa shape index (κ1) is 98.0. The third-order valence-electron chi connectivity index (χ3n) is 19.0. The van der Waals surface area contributed by atoms with Gasteiger partial charge in [0, 0.05) is 151 Å². The summed E-state index contributed by atoms with van der Waals surface area (Å²) in [6, 6.07) is 77.2. The van der Waals surface area contributed by atoms with Crippen LogP contribution in [0.25, 0.3) is 0 Å². The molecule has 0 saturated heterocycles. The molecular weight excluding hydrogens is 1620 g/mol. The van der Waals surface area contributed by atoms with Crippen LogP contribution < -0.4 is 31.9 Å². The Hall–Kier alpha value is -13.1. The number of anilines is 6. The molecule has 12 aromatic rings. The monoisotopic (exact) mass is 1730 g/mol. The van der Waals surface area contributed by atoms with E-state index >= 15 is 0 Å². The van der Waals surface area contributed by atoms with Crippen molar-refractivity contribution >= 4 is 82.9 Å². The molecule has 0 aromatic heterocycles. The van der Waals surface area contributed by atoms with E-state index in [0.29, 0.717) is 89.6 Å². The Morgan fingerprint density at radius 1 is 0.387 bits per heavy atom. The van der Waals surface area contributed by atoms with E-state index in [9.17, 15) is 61.9 Å². The molecule has 0 saturated carbocycles. The van der Waals surface area contributed by atoms with Crippen LogP contribution in [0.2, 0.25) is 5.02 Å². The van der Waals surface area contributed by atoms with E-state index in [1.54, 1.807) is 97.1 Å². The molecule has 12 rings (SSSR count). The number of nitrogens with one attached hydrogen (secondary N) is 6. The van der Waals surface area contributed by atoms with Crippen molar-refractivity contribution in [2.24, 2.45) is 0 Å². The van der Waals surface area contributed by atoms with E-state index in [-0.39, 0.29) is 35.1 Å². The van der Waals surface area contributed by atoms with Gasteiger partial charge in [-0.1, -0.05) is 211 Å². The highest BCUT2D eigenvalue weighted by Crippen LogP contribution is 2.30. The first-order valence-corrected chi connectivity index (χ1v) is 43.8. The van der Waals surface area contributed by atoms with Crippen LogP contribution in [0.1, 0.15) is 130 Å². The van der Waals surface area contributed by atoms with Crippen LogP contribution in [-0.4, -0.2) is 115 Å². The molecule has 0 spiro atoms. The highest BCUT2D eigenvalue weighted by molar-refractivity contribution is 7.91. The number of carbonyl (C=O) groups excluding carboxylic acids is 3. The lowest BCUT2D eigenvalue weighted by Crippen LogP contribution is -2.29. The number of ketones is 3. The zero-order chi connectivity index (χ0) is 90.8. The number of benzene rings is 12. The van der Waals surface area contributed by atoms with Gasteiger partial charge in [-0.25, -0.2) is 21.1 Å². The third-order valence-corrected chi connectivity index (χ3v) is 21.9. The highest BCUT2D eigenvalue weighted by Gasteiger charge is 2.22. The summed E-state index contributed by atoms with van der Waals surface area (Å²) >= 11 is 6.04. The van der Waals surface area contributed by atoms with Crippen molar-refractivity contribution in [1.29, 1.82) is 0 Å². The second-order valence-electron chi connectivity index (χ2n) is 31.0. The molecule has 0 heterocycles. The number of methoxy groups -OCH3 is 1. The standard InChI is InChI=1S/C18H22N2O4S.C18H23NO.C17H19NO4S.C17H19NO3.C16H15NO.C14H14ClNO/c1-13-7-8-17(21)15(9-13)11-19-16-6-4-5-14(10-16)18(22)12-25(23,24)20(2)3;1-13-8-9-17(20)14(10-13)12-19-16-7-5-6-15(11-16)18(2,3)4;1-12-6-7-16(19)14(8-12)10-18-15-5-3-4-13(9-15)17(20)11-23(2,21)22;1-12-6-7-16(19)14(8-12)10-18-15-5-3-4-13(9-15)17(20)11-21-2;1-3-13-5-4-6-15(10-13)17-11-14-9-12(2)7-8-16(14)18;1-10-6-7-14(17)11(8-10)9-16-13-5-3-2-4-12(13)15/h4-10,19,21H,11-12H2,1-3H3;5-11,19-20H,12H2,1-4H3;3-9,18-19H,10-11H2,1-2H3;3-9,18-19H,10-11H2,1-2H3;1,4-10,17-18H,11H2,2H3;2-8,16-17H,9H2,1H3. The van der Waals surface area contributed by atoms with Crippen LogP contribution in [0.15, 0.2) is 255 Å². The number of aryl methyl sites for hydroxylation is 6. The minimum atomic E-state index is -3.59. The number of nitrogens with zero attached hydrogens (tertiary/aromatic N) is 1. The molecule has 21 nitrogen and oxygen atoms in total. The number of sulfonamides is 1. The Labute approximate surface area is 734 Å². The van der Waals surface area contributed by atoms with Gasteiger partial charge in [-0.15, -0.1) is 6.42 Å². The molecule has 24 heteroatoms.